The van der Waals surface area contributed by atoms with E-state index in [2.05, 4.69) is 12.2 Å². The van der Waals surface area contributed by atoms with E-state index >= 15 is 0 Å². The number of hydrogen-bond donors (Lipinski definition) is 1. The lowest BCUT2D eigenvalue weighted by Crippen LogP contribution is -2.44. The molecule has 0 bridgehead atoms. The molecule has 1 N–H and O–H groups in total. The highest BCUT2D eigenvalue weighted by Crippen LogP contribution is 2.21. The third-order valence-electron chi connectivity index (χ3n) is 5.42. The summed E-state index contributed by atoms with van der Waals surface area (Å²) in [6.07, 6.45) is 1.18. The van der Waals surface area contributed by atoms with Gasteiger partial charge in [-0.3, -0.25) is 14.4 Å². The number of rotatable bonds is 6. The predicted octanol–water partition coefficient (Wildman–Crippen LogP) is 3.81. The van der Waals surface area contributed by atoms with E-state index in [9.17, 15) is 18.8 Å². The Hall–Kier alpha value is -3.22. The van der Waals surface area contributed by atoms with Crippen molar-refractivity contribution in [1.29, 1.82) is 0 Å². The van der Waals surface area contributed by atoms with Crippen molar-refractivity contribution in [2.45, 2.75) is 39.2 Å². The number of nitrogens with one attached hydrogen (secondary N) is 1. The number of carbonyl (C=O) groups is 3. The van der Waals surface area contributed by atoms with E-state index in [1.165, 1.54) is 31.2 Å². The van der Waals surface area contributed by atoms with E-state index in [4.69, 9.17) is 4.74 Å². The minimum absolute atomic E-state index is 0.210. The van der Waals surface area contributed by atoms with Crippen LogP contribution in [0.1, 0.15) is 42.6 Å². The highest BCUT2D eigenvalue weighted by molar-refractivity contribution is 5.96. The number of carbonyl (C=O) groups excluding carboxylic acids is 3. The Labute approximate surface area is 181 Å². The van der Waals surface area contributed by atoms with Gasteiger partial charge in [-0.15, -0.1) is 0 Å². The van der Waals surface area contributed by atoms with Crippen LogP contribution in [0.4, 0.5) is 10.1 Å². The first-order chi connectivity index (χ1) is 14.9. The lowest BCUT2D eigenvalue weighted by Gasteiger charge is -2.32. The van der Waals surface area contributed by atoms with Gasteiger partial charge in [-0.25, -0.2) is 4.39 Å². The van der Waals surface area contributed by atoms with Crippen LogP contribution in [0.2, 0.25) is 0 Å². The quantitative estimate of drug-likeness (QED) is 0.713. The minimum atomic E-state index is -0.957. The van der Waals surface area contributed by atoms with Crippen LogP contribution in [0, 0.1) is 11.7 Å². The summed E-state index contributed by atoms with van der Waals surface area (Å²) in [4.78, 5) is 39.2. The second-order valence-electron chi connectivity index (χ2n) is 7.72. The van der Waals surface area contributed by atoms with Crippen molar-refractivity contribution in [3.63, 3.8) is 0 Å². The van der Waals surface area contributed by atoms with Crippen molar-refractivity contribution >= 4 is 23.5 Å². The molecule has 2 atom stereocenters. The molecule has 1 saturated heterocycles. The Morgan fingerprint density at radius 3 is 2.45 bits per heavy atom. The zero-order chi connectivity index (χ0) is 22.4. The van der Waals surface area contributed by atoms with Gasteiger partial charge in [0.25, 0.3) is 11.8 Å². The molecular weight excluding hydrogens is 399 g/mol. The molecule has 2 amide bonds. The van der Waals surface area contributed by atoms with E-state index in [0.29, 0.717) is 30.6 Å². The highest BCUT2D eigenvalue weighted by Gasteiger charge is 2.31. The Balaban J connectivity index is 1.54. The highest BCUT2D eigenvalue weighted by atomic mass is 19.1. The van der Waals surface area contributed by atoms with Crippen LogP contribution < -0.4 is 5.32 Å². The molecule has 1 aliphatic rings. The molecule has 3 rings (SSSR count). The number of likely N-dealkylation sites (tertiary alicyclic amines) is 1. The third kappa shape index (κ3) is 5.90. The fraction of sp³-hybridized carbons (Fsp3) is 0.375. The van der Waals surface area contributed by atoms with Gasteiger partial charge in [0.1, 0.15) is 5.82 Å². The molecule has 7 heteroatoms. The smallest absolute Gasteiger partial charge is 0.311 e. The Kier molecular flexibility index (Phi) is 7.39. The lowest BCUT2D eigenvalue weighted by atomic mass is 9.97. The summed E-state index contributed by atoms with van der Waals surface area (Å²) in [7, 11) is 0. The number of aryl methyl sites for hydroxylation is 1. The second-order valence-corrected chi connectivity index (χ2v) is 7.72. The molecule has 1 heterocycles. The maximum absolute atomic E-state index is 13.1. The number of piperidine rings is 1. The summed E-state index contributed by atoms with van der Waals surface area (Å²) in [5.41, 5.74) is 2.17. The van der Waals surface area contributed by atoms with Gasteiger partial charge in [-0.2, -0.15) is 0 Å². The molecule has 1 aliphatic heterocycles. The average molecular weight is 426 g/mol. The molecule has 31 heavy (non-hydrogen) atoms. The molecule has 2 unspecified atom stereocenters. The van der Waals surface area contributed by atoms with Gasteiger partial charge in [-0.05, 0) is 68.1 Å². The molecule has 1 fully saturated rings. The second kappa shape index (κ2) is 10.2. The molecule has 2 aromatic rings. The Morgan fingerprint density at radius 2 is 1.81 bits per heavy atom. The average Bonchev–Trinajstić information content (AvgIpc) is 2.79. The van der Waals surface area contributed by atoms with Gasteiger partial charge < -0.3 is 15.0 Å². The van der Waals surface area contributed by atoms with Crippen LogP contribution in [0.15, 0.2) is 48.5 Å². The molecule has 164 valence electrons. The standard InChI is InChI=1S/C24H27FN2O4/c1-3-17-6-12-21(13-7-17)26-22(28)16(2)31-24(30)19-5-4-14-27(15-19)23(29)18-8-10-20(25)11-9-18/h6-13,16,19H,3-5,14-15H2,1-2H3,(H,26,28). The monoisotopic (exact) mass is 426 g/mol. The van der Waals surface area contributed by atoms with Crippen molar-refractivity contribution in [2.75, 3.05) is 18.4 Å². The van der Waals surface area contributed by atoms with E-state index in [1.807, 2.05) is 24.3 Å². The molecule has 0 saturated carbocycles. The van der Waals surface area contributed by atoms with Gasteiger partial charge in [0, 0.05) is 24.3 Å². The topological polar surface area (TPSA) is 75.7 Å². The first-order valence-corrected chi connectivity index (χ1v) is 10.5. The Bertz CT molecular complexity index is 928. The molecular formula is C24H27FN2O4. The summed E-state index contributed by atoms with van der Waals surface area (Å²) >= 11 is 0. The van der Waals surface area contributed by atoms with Gasteiger partial charge in [-0.1, -0.05) is 19.1 Å². The first-order valence-electron chi connectivity index (χ1n) is 10.5. The maximum atomic E-state index is 13.1. The van der Waals surface area contributed by atoms with Crippen LogP contribution in [0.5, 0.6) is 0 Å². The van der Waals surface area contributed by atoms with Crippen molar-refractivity contribution in [2.24, 2.45) is 5.92 Å². The maximum Gasteiger partial charge on any atom is 0.311 e. The van der Waals surface area contributed by atoms with Crippen molar-refractivity contribution in [3.05, 3.63) is 65.5 Å². The number of halogens is 1. The number of anilines is 1. The van der Waals surface area contributed by atoms with Crippen molar-refractivity contribution in [3.8, 4) is 0 Å². The SMILES string of the molecule is CCc1ccc(NC(=O)C(C)OC(=O)C2CCCN(C(=O)c3ccc(F)cc3)C2)cc1. The van der Waals surface area contributed by atoms with E-state index in [0.717, 1.165) is 12.0 Å². The molecule has 0 spiro atoms. The number of nitrogens with zero attached hydrogens (tertiary/aromatic N) is 1. The van der Waals surface area contributed by atoms with Gasteiger partial charge >= 0.3 is 5.97 Å². The number of esters is 1. The van der Waals surface area contributed by atoms with Gasteiger partial charge in [0.2, 0.25) is 0 Å². The normalized spacial score (nSPS) is 17.0. The molecule has 6 nitrogen and oxygen atoms in total. The number of benzene rings is 2. The zero-order valence-electron chi connectivity index (χ0n) is 17.8. The fourth-order valence-corrected chi connectivity index (χ4v) is 3.52. The van der Waals surface area contributed by atoms with Crippen LogP contribution in [-0.2, 0) is 20.7 Å². The zero-order valence-corrected chi connectivity index (χ0v) is 17.8. The number of hydrogen-bond acceptors (Lipinski definition) is 4. The van der Waals surface area contributed by atoms with Crippen molar-refractivity contribution in [1.82, 2.24) is 4.90 Å². The van der Waals surface area contributed by atoms with Gasteiger partial charge in [0.15, 0.2) is 6.10 Å². The lowest BCUT2D eigenvalue weighted by molar-refractivity contribution is -0.158. The van der Waals surface area contributed by atoms with Gasteiger partial charge in [0.05, 0.1) is 5.92 Å². The summed E-state index contributed by atoms with van der Waals surface area (Å²) in [5.74, 6) is -2.07. The summed E-state index contributed by atoms with van der Waals surface area (Å²) < 4.78 is 18.5. The van der Waals surface area contributed by atoms with Crippen molar-refractivity contribution < 1.29 is 23.5 Å². The van der Waals surface area contributed by atoms with Crippen LogP contribution in [0.3, 0.4) is 0 Å². The van der Waals surface area contributed by atoms with E-state index < -0.39 is 29.7 Å². The molecule has 0 aliphatic carbocycles. The minimum Gasteiger partial charge on any atom is -0.452 e. The van der Waals surface area contributed by atoms with Crippen LogP contribution in [0.25, 0.3) is 0 Å². The molecule has 0 aromatic heterocycles. The first kappa shape index (κ1) is 22.5. The van der Waals surface area contributed by atoms with Crippen LogP contribution in [-0.4, -0.2) is 41.9 Å². The summed E-state index contributed by atoms with van der Waals surface area (Å²) in [6, 6.07) is 12.8. The molecule has 0 radical (unpaired) electrons. The molecule has 2 aromatic carbocycles. The fourth-order valence-electron chi connectivity index (χ4n) is 3.52. The summed E-state index contributed by atoms with van der Waals surface area (Å²) in [6.45, 7) is 4.30. The number of ether oxygens (including phenoxy) is 1. The summed E-state index contributed by atoms with van der Waals surface area (Å²) in [5, 5.41) is 2.74. The predicted molar refractivity (Wildman–Crippen MR) is 115 cm³/mol. The van der Waals surface area contributed by atoms with E-state index in [-0.39, 0.29) is 12.5 Å². The van der Waals surface area contributed by atoms with E-state index in [1.54, 1.807) is 4.90 Å². The number of amides is 2. The largest absolute Gasteiger partial charge is 0.452 e. The third-order valence-corrected chi connectivity index (χ3v) is 5.42. The van der Waals surface area contributed by atoms with Crippen LogP contribution >= 0.6 is 0 Å². The Morgan fingerprint density at radius 1 is 1.13 bits per heavy atom.